The molecule has 2 aromatic rings. The highest BCUT2D eigenvalue weighted by Crippen LogP contribution is 2.35. The fourth-order valence-corrected chi connectivity index (χ4v) is 6.20. The molecule has 0 aromatic heterocycles. The number of rotatable bonds is 9. The van der Waals surface area contributed by atoms with Gasteiger partial charge in [0.15, 0.2) is 11.6 Å². The number of halogens is 4. The number of anilines is 1. The Morgan fingerprint density at radius 3 is 2.30 bits per heavy atom. The predicted octanol–water partition coefficient (Wildman–Crippen LogP) is 3.66. The van der Waals surface area contributed by atoms with Gasteiger partial charge >= 0.3 is 11.5 Å². The summed E-state index contributed by atoms with van der Waals surface area (Å²) in [4.78, 5) is 36.5. The number of benzene rings is 2. The van der Waals surface area contributed by atoms with Crippen molar-refractivity contribution < 1.29 is 60.0 Å². The summed E-state index contributed by atoms with van der Waals surface area (Å²) in [6, 6.07) is 4.70. The summed E-state index contributed by atoms with van der Waals surface area (Å²) in [7, 11) is -4.46. The van der Waals surface area contributed by atoms with E-state index in [1.807, 2.05) is 0 Å². The number of alkyl halides is 3. The van der Waals surface area contributed by atoms with Gasteiger partial charge in [-0.1, -0.05) is 6.07 Å². The number of aliphatic hydroxyl groups is 1. The van der Waals surface area contributed by atoms with Crippen LogP contribution in [0.25, 0.3) is 0 Å². The van der Waals surface area contributed by atoms with Crippen molar-refractivity contribution >= 4 is 33.3 Å². The van der Waals surface area contributed by atoms with Gasteiger partial charge in [0, 0.05) is 17.8 Å². The zero-order valence-corrected chi connectivity index (χ0v) is 24.1. The van der Waals surface area contributed by atoms with Crippen LogP contribution in [0.1, 0.15) is 48.9 Å². The van der Waals surface area contributed by atoms with Crippen molar-refractivity contribution in [1.29, 1.82) is 0 Å². The second-order valence-electron chi connectivity index (χ2n) is 10.7. The Labute approximate surface area is 249 Å². The van der Waals surface area contributed by atoms with Gasteiger partial charge in [0.1, 0.15) is 5.75 Å². The molecule has 2 aliphatic rings. The lowest BCUT2D eigenvalue weighted by Gasteiger charge is -2.27. The largest absolute Gasteiger partial charge is 0.501 e. The Morgan fingerprint density at radius 2 is 1.68 bits per heavy atom. The van der Waals surface area contributed by atoms with Gasteiger partial charge in [-0.25, -0.2) is 12.8 Å². The highest BCUT2D eigenvalue weighted by atomic mass is 32.2. The summed E-state index contributed by atoms with van der Waals surface area (Å²) < 4.78 is 88.2. The molecule has 11 nitrogen and oxygen atoms in total. The van der Waals surface area contributed by atoms with E-state index in [0.717, 1.165) is 24.3 Å². The number of carboxylic acids is 1. The molecule has 16 heteroatoms. The van der Waals surface area contributed by atoms with Crippen LogP contribution in [0.5, 0.6) is 11.5 Å². The fraction of sp³-hybridized carbons (Fsp3) is 0.464. The topological polar surface area (TPSA) is 168 Å². The first kappa shape index (κ1) is 33.0. The van der Waals surface area contributed by atoms with Crippen LogP contribution in [0.4, 0.5) is 23.2 Å². The zero-order chi connectivity index (χ0) is 32.4. The van der Waals surface area contributed by atoms with Crippen molar-refractivity contribution in [3.8, 4) is 11.5 Å². The van der Waals surface area contributed by atoms with Gasteiger partial charge in [0.05, 0.1) is 41.6 Å². The van der Waals surface area contributed by atoms with Crippen molar-refractivity contribution in [3.63, 3.8) is 0 Å². The molecule has 3 atom stereocenters. The molecular weight excluding hydrogens is 616 g/mol. The molecule has 0 heterocycles. The first-order valence-corrected chi connectivity index (χ1v) is 15.1. The molecule has 240 valence electrons. The maximum atomic E-state index is 14.8. The minimum absolute atomic E-state index is 0.0635. The van der Waals surface area contributed by atoms with Crippen molar-refractivity contribution in [2.45, 2.75) is 67.2 Å². The van der Waals surface area contributed by atoms with E-state index in [4.69, 9.17) is 9.47 Å². The van der Waals surface area contributed by atoms with E-state index in [1.165, 1.54) is 13.2 Å². The minimum atomic E-state index is -5.67. The van der Waals surface area contributed by atoms with E-state index in [1.54, 1.807) is 0 Å². The standard InChI is InChI=1S/C28H30F4N2O9S/c1-42-23-13-21(29)24(43-17-7-5-14(6-8-17)27(38)39)12-20(23)26(37)34-22-11-16(35)10-19(22)25(36)33-15-3-2-4-18(9-15)44(40,41)28(30,31)32/h2-4,9,12-14,16-17,19,22,35H,5-8,10-11H2,1H3,(H,33,36)(H,34,37)(H,38,39)/t14?,16-,17?,19+,22-/m1/s1. The van der Waals surface area contributed by atoms with Gasteiger partial charge in [-0.05, 0) is 62.8 Å². The summed E-state index contributed by atoms with van der Waals surface area (Å²) in [5.74, 6) is -5.30. The lowest BCUT2D eigenvalue weighted by molar-refractivity contribution is -0.143. The molecular formula is C28H30F4N2O9S. The number of nitrogens with one attached hydrogen (secondary N) is 2. The lowest BCUT2D eigenvalue weighted by Crippen LogP contribution is -2.42. The van der Waals surface area contributed by atoms with Gasteiger partial charge < -0.3 is 30.3 Å². The van der Waals surface area contributed by atoms with Crippen LogP contribution in [-0.4, -0.2) is 67.3 Å². The third kappa shape index (κ3) is 7.23. The first-order valence-electron chi connectivity index (χ1n) is 13.6. The highest BCUT2D eigenvalue weighted by molar-refractivity contribution is 7.92. The molecule has 0 saturated heterocycles. The van der Waals surface area contributed by atoms with E-state index in [0.29, 0.717) is 31.7 Å². The van der Waals surface area contributed by atoms with Crippen molar-refractivity contribution in [2.24, 2.45) is 11.8 Å². The van der Waals surface area contributed by atoms with Gasteiger partial charge in [0.25, 0.3) is 15.7 Å². The van der Waals surface area contributed by atoms with Crippen molar-refractivity contribution in [2.75, 3.05) is 12.4 Å². The Kier molecular flexibility index (Phi) is 9.73. The molecule has 44 heavy (non-hydrogen) atoms. The van der Waals surface area contributed by atoms with Gasteiger partial charge in [-0.15, -0.1) is 0 Å². The average Bonchev–Trinajstić information content (AvgIpc) is 3.33. The van der Waals surface area contributed by atoms with Crippen LogP contribution in [-0.2, 0) is 19.4 Å². The van der Waals surface area contributed by atoms with Crippen LogP contribution in [0, 0.1) is 17.7 Å². The number of carbonyl (C=O) groups is 3. The monoisotopic (exact) mass is 646 g/mol. The Bertz CT molecular complexity index is 1530. The number of sulfone groups is 1. The van der Waals surface area contributed by atoms with Crippen LogP contribution in [0.15, 0.2) is 41.3 Å². The Balaban J connectivity index is 1.48. The molecule has 2 amide bonds. The maximum absolute atomic E-state index is 14.8. The summed E-state index contributed by atoms with van der Waals surface area (Å²) in [5, 5.41) is 24.4. The maximum Gasteiger partial charge on any atom is 0.501 e. The highest BCUT2D eigenvalue weighted by Gasteiger charge is 2.47. The molecule has 0 unspecified atom stereocenters. The normalized spacial score (nSPS) is 23.9. The molecule has 2 aromatic carbocycles. The van der Waals surface area contributed by atoms with Crippen LogP contribution in [0.2, 0.25) is 0 Å². The molecule has 0 aliphatic heterocycles. The molecule has 2 fully saturated rings. The lowest BCUT2D eigenvalue weighted by atomic mass is 9.87. The van der Waals surface area contributed by atoms with E-state index in [9.17, 15) is 50.6 Å². The second-order valence-corrected chi connectivity index (χ2v) is 12.6. The summed E-state index contributed by atoms with van der Waals surface area (Å²) in [6.07, 6.45) is -0.258. The van der Waals surface area contributed by atoms with Crippen molar-refractivity contribution in [1.82, 2.24) is 5.32 Å². The Morgan fingerprint density at radius 1 is 1.00 bits per heavy atom. The smallest absolute Gasteiger partial charge is 0.496 e. The zero-order valence-electron chi connectivity index (χ0n) is 23.3. The number of aliphatic hydroxyl groups excluding tert-OH is 1. The van der Waals surface area contributed by atoms with Crippen LogP contribution >= 0.6 is 0 Å². The summed E-state index contributed by atoms with van der Waals surface area (Å²) in [6.45, 7) is 0. The number of ether oxygens (including phenoxy) is 2. The Hall–Kier alpha value is -3.92. The number of amides is 2. The third-order valence-corrected chi connectivity index (χ3v) is 9.21. The number of carbonyl (C=O) groups excluding carboxylic acids is 2. The van der Waals surface area contributed by atoms with Gasteiger partial charge in [-0.2, -0.15) is 13.2 Å². The molecule has 2 aliphatic carbocycles. The molecule has 4 rings (SSSR count). The number of hydrogen-bond acceptors (Lipinski definition) is 8. The molecule has 4 N–H and O–H groups in total. The average molecular weight is 647 g/mol. The minimum Gasteiger partial charge on any atom is -0.496 e. The number of aliphatic carboxylic acids is 1. The number of hydrogen-bond donors (Lipinski definition) is 4. The third-order valence-electron chi connectivity index (χ3n) is 7.72. The van der Waals surface area contributed by atoms with E-state index in [-0.39, 0.29) is 35.6 Å². The predicted molar refractivity (Wildman–Crippen MR) is 145 cm³/mol. The molecule has 2 saturated carbocycles. The summed E-state index contributed by atoms with van der Waals surface area (Å²) in [5.41, 5.74) is -5.94. The number of methoxy groups -OCH3 is 1. The number of carboxylic acid groups (broad SMARTS) is 1. The molecule has 0 spiro atoms. The summed E-state index contributed by atoms with van der Waals surface area (Å²) >= 11 is 0. The first-order chi connectivity index (χ1) is 20.6. The molecule has 0 bridgehead atoms. The van der Waals surface area contributed by atoms with E-state index in [2.05, 4.69) is 10.6 Å². The molecule has 0 radical (unpaired) electrons. The fourth-order valence-electron chi connectivity index (χ4n) is 5.39. The van der Waals surface area contributed by atoms with Crippen LogP contribution in [0.3, 0.4) is 0 Å². The van der Waals surface area contributed by atoms with Gasteiger partial charge in [0.2, 0.25) is 5.91 Å². The van der Waals surface area contributed by atoms with Crippen molar-refractivity contribution in [3.05, 3.63) is 47.8 Å². The quantitative estimate of drug-likeness (QED) is 0.297. The van der Waals surface area contributed by atoms with Crippen LogP contribution < -0.4 is 20.1 Å². The second kappa shape index (κ2) is 13.0. The van der Waals surface area contributed by atoms with E-state index < -0.39 is 73.9 Å². The van der Waals surface area contributed by atoms with E-state index >= 15 is 0 Å². The van der Waals surface area contributed by atoms with Gasteiger partial charge in [-0.3, -0.25) is 14.4 Å². The SMILES string of the molecule is COc1cc(F)c(OC2CCC(C(=O)O)CC2)cc1C(=O)N[C@@H]1C[C@H](O)C[C@@H]1C(=O)Nc1cccc(S(=O)(=O)C(F)(F)F)c1.